The van der Waals surface area contributed by atoms with Gasteiger partial charge in [0.15, 0.2) is 0 Å². The van der Waals surface area contributed by atoms with Gasteiger partial charge in [-0.05, 0) is 6.07 Å². The van der Waals surface area contributed by atoms with E-state index >= 15 is 0 Å². The van der Waals surface area contributed by atoms with Crippen LogP contribution >= 0.6 is 0 Å². The van der Waals surface area contributed by atoms with Crippen LogP contribution < -0.4 is 0 Å². The van der Waals surface area contributed by atoms with E-state index in [4.69, 9.17) is 14.4 Å². The highest BCUT2D eigenvalue weighted by Crippen LogP contribution is 2.20. The lowest BCUT2D eigenvalue weighted by atomic mass is 10.1. The molecule has 0 saturated carbocycles. The van der Waals surface area contributed by atoms with Crippen LogP contribution in [0, 0.1) is 0 Å². The summed E-state index contributed by atoms with van der Waals surface area (Å²) in [5.41, 5.74) is 0.559. The first-order valence-electron chi connectivity index (χ1n) is 4.86. The van der Waals surface area contributed by atoms with Gasteiger partial charge in [0.2, 0.25) is 5.82 Å². The number of benzene rings is 1. The summed E-state index contributed by atoms with van der Waals surface area (Å²) < 4.78 is 9.76. The molecule has 0 aliphatic carbocycles. The first-order chi connectivity index (χ1) is 8.22. The molecule has 2 aromatic rings. The van der Waals surface area contributed by atoms with Gasteiger partial charge < -0.3 is 14.4 Å². The number of hydrogen-bond donors (Lipinski definition) is 1. The molecule has 0 saturated heterocycles. The molecule has 6 nitrogen and oxygen atoms in total. The van der Waals surface area contributed by atoms with Gasteiger partial charge in [0, 0.05) is 12.7 Å². The van der Waals surface area contributed by atoms with Crippen molar-refractivity contribution in [3.8, 4) is 11.4 Å². The largest absolute Gasteiger partial charge is 0.478 e. The molecular formula is C11H10N2O4. The van der Waals surface area contributed by atoms with Crippen LogP contribution in [0.4, 0.5) is 0 Å². The molecule has 88 valence electrons. The number of hydrogen-bond acceptors (Lipinski definition) is 5. The minimum Gasteiger partial charge on any atom is -0.478 e. The van der Waals surface area contributed by atoms with Crippen molar-refractivity contribution in [3.63, 3.8) is 0 Å². The van der Waals surface area contributed by atoms with Crippen molar-refractivity contribution >= 4 is 5.97 Å². The second-order valence-electron chi connectivity index (χ2n) is 3.30. The minimum atomic E-state index is -1.03. The van der Waals surface area contributed by atoms with E-state index in [2.05, 4.69) is 10.1 Å². The maximum atomic E-state index is 11.0. The van der Waals surface area contributed by atoms with E-state index < -0.39 is 5.97 Å². The van der Waals surface area contributed by atoms with Gasteiger partial charge in [-0.15, -0.1) is 0 Å². The van der Waals surface area contributed by atoms with Gasteiger partial charge in [-0.25, -0.2) is 4.79 Å². The van der Waals surface area contributed by atoms with Crippen molar-refractivity contribution in [2.75, 3.05) is 7.11 Å². The molecule has 2 rings (SSSR count). The lowest BCUT2D eigenvalue weighted by molar-refractivity contribution is 0.0697. The van der Waals surface area contributed by atoms with Crippen LogP contribution in [0.5, 0.6) is 0 Å². The van der Waals surface area contributed by atoms with Crippen molar-refractivity contribution in [2.24, 2.45) is 0 Å². The second-order valence-corrected chi connectivity index (χ2v) is 3.30. The Bertz CT molecular complexity index is 536. The van der Waals surface area contributed by atoms with Gasteiger partial charge in [-0.3, -0.25) is 0 Å². The zero-order chi connectivity index (χ0) is 12.3. The third-order valence-corrected chi connectivity index (χ3v) is 2.13. The Balaban J connectivity index is 2.41. The molecule has 0 aliphatic rings. The molecule has 0 aliphatic heterocycles. The Kier molecular flexibility index (Phi) is 3.15. The van der Waals surface area contributed by atoms with E-state index in [9.17, 15) is 4.79 Å². The van der Waals surface area contributed by atoms with Crippen LogP contribution in [-0.4, -0.2) is 28.3 Å². The Morgan fingerprint density at radius 2 is 2.24 bits per heavy atom. The predicted molar refractivity (Wildman–Crippen MR) is 57.4 cm³/mol. The van der Waals surface area contributed by atoms with Gasteiger partial charge >= 0.3 is 5.97 Å². The summed E-state index contributed by atoms with van der Waals surface area (Å²) in [5.74, 6) is -0.476. The first-order valence-corrected chi connectivity index (χ1v) is 4.86. The van der Waals surface area contributed by atoms with E-state index in [0.29, 0.717) is 11.5 Å². The molecule has 0 radical (unpaired) electrons. The SMILES string of the molecule is COCc1nc(-c2ccccc2C(=O)O)no1. The second kappa shape index (κ2) is 4.75. The normalized spacial score (nSPS) is 10.4. The van der Waals surface area contributed by atoms with Crippen LogP contribution in [0.25, 0.3) is 11.4 Å². The van der Waals surface area contributed by atoms with E-state index in [0.717, 1.165) is 0 Å². The number of aromatic carboxylic acids is 1. The Morgan fingerprint density at radius 1 is 1.47 bits per heavy atom. The topological polar surface area (TPSA) is 85.5 Å². The van der Waals surface area contributed by atoms with E-state index in [-0.39, 0.29) is 18.0 Å². The molecule has 0 fully saturated rings. The molecular weight excluding hydrogens is 224 g/mol. The molecule has 0 unspecified atom stereocenters. The molecule has 17 heavy (non-hydrogen) atoms. The maximum absolute atomic E-state index is 11.0. The third kappa shape index (κ3) is 2.31. The number of rotatable bonds is 4. The van der Waals surface area contributed by atoms with Crippen molar-refractivity contribution < 1.29 is 19.2 Å². The highest BCUT2D eigenvalue weighted by atomic mass is 16.5. The number of nitrogens with zero attached hydrogens (tertiary/aromatic N) is 2. The molecule has 6 heteroatoms. The van der Waals surface area contributed by atoms with Crippen molar-refractivity contribution in [1.82, 2.24) is 10.1 Å². The molecule has 1 aromatic carbocycles. The monoisotopic (exact) mass is 234 g/mol. The fourth-order valence-corrected chi connectivity index (χ4v) is 1.41. The summed E-state index contributed by atoms with van der Waals surface area (Å²) in [5, 5.41) is 12.7. The predicted octanol–water partition coefficient (Wildman–Crippen LogP) is 1.58. The molecule has 0 amide bonds. The van der Waals surface area contributed by atoms with Gasteiger partial charge in [0.05, 0.1) is 5.56 Å². The van der Waals surface area contributed by atoms with Crippen molar-refractivity contribution in [3.05, 3.63) is 35.7 Å². The summed E-state index contributed by atoms with van der Waals surface area (Å²) in [6.45, 7) is 0.197. The molecule has 0 atom stereocenters. The number of aromatic nitrogens is 2. The highest BCUT2D eigenvalue weighted by Gasteiger charge is 2.15. The Hall–Kier alpha value is -2.21. The van der Waals surface area contributed by atoms with E-state index in [1.807, 2.05) is 0 Å². The van der Waals surface area contributed by atoms with Gasteiger partial charge in [0.1, 0.15) is 6.61 Å². The fourth-order valence-electron chi connectivity index (χ4n) is 1.41. The third-order valence-electron chi connectivity index (χ3n) is 2.13. The summed E-state index contributed by atoms with van der Waals surface area (Å²) in [4.78, 5) is 15.1. The lowest BCUT2D eigenvalue weighted by Crippen LogP contribution is -1.99. The Labute approximate surface area is 96.8 Å². The number of carboxylic acid groups (broad SMARTS) is 1. The van der Waals surface area contributed by atoms with Crippen molar-refractivity contribution in [1.29, 1.82) is 0 Å². The zero-order valence-electron chi connectivity index (χ0n) is 9.08. The highest BCUT2D eigenvalue weighted by molar-refractivity contribution is 5.94. The quantitative estimate of drug-likeness (QED) is 0.864. The van der Waals surface area contributed by atoms with E-state index in [1.165, 1.54) is 13.2 Å². The molecule has 0 bridgehead atoms. The maximum Gasteiger partial charge on any atom is 0.336 e. The minimum absolute atomic E-state index is 0.136. The van der Waals surface area contributed by atoms with Crippen molar-refractivity contribution in [2.45, 2.75) is 6.61 Å². The van der Waals surface area contributed by atoms with Crippen LogP contribution in [0.2, 0.25) is 0 Å². The summed E-state index contributed by atoms with van der Waals surface area (Å²) in [6.07, 6.45) is 0. The molecule has 0 spiro atoms. The van der Waals surface area contributed by atoms with Crippen LogP contribution in [0.1, 0.15) is 16.2 Å². The molecule has 1 heterocycles. The average Bonchev–Trinajstić information content (AvgIpc) is 2.78. The standard InChI is InChI=1S/C11H10N2O4/c1-16-6-9-12-10(13-17-9)7-4-2-3-5-8(7)11(14)15/h2-5H,6H2,1H3,(H,14,15). The summed E-state index contributed by atoms with van der Waals surface area (Å²) >= 11 is 0. The smallest absolute Gasteiger partial charge is 0.336 e. The van der Waals surface area contributed by atoms with Gasteiger partial charge in [-0.2, -0.15) is 4.98 Å². The zero-order valence-corrected chi connectivity index (χ0v) is 9.08. The molecule has 1 N–H and O–H groups in total. The molecule has 1 aromatic heterocycles. The van der Waals surface area contributed by atoms with Crippen LogP contribution in [0.15, 0.2) is 28.8 Å². The van der Waals surface area contributed by atoms with Crippen LogP contribution in [0.3, 0.4) is 0 Å². The summed E-state index contributed by atoms with van der Waals surface area (Å²) in [6, 6.07) is 6.48. The van der Waals surface area contributed by atoms with Gasteiger partial charge in [-0.1, -0.05) is 23.4 Å². The number of methoxy groups -OCH3 is 1. The summed E-state index contributed by atoms with van der Waals surface area (Å²) in [7, 11) is 1.51. The first kappa shape index (κ1) is 11.3. The Morgan fingerprint density at radius 3 is 2.94 bits per heavy atom. The number of carboxylic acids is 1. The van der Waals surface area contributed by atoms with Crippen LogP contribution in [-0.2, 0) is 11.3 Å². The van der Waals surface area contributed by atoms with Gasteiger partial charge in [0.25, 0.3) is 5.89 Å². The average molecular weight is 234 g/mol. The van der Waals surface area contributed by atoms with E-state index in [1.54, 1.807) is 18.2 Å². The number of ether oxygens (including phenoxy) is 1. The fraction of sp³-hybridized carbons (Fsp3) is 0.182. The lowest BCUT2D eigenvalue weighted by Gasteiger charge is -1.99. The number of carbonyl (C=O) groups is 1.